The van der Waals surface area contributed by atoms with Crippen molar-refractivity contribution in [2.45, 2.75) is 31.6 Å². The molecule has 1 saturated heterocycles. The minimum atomic E-state index is -3.79. The second-order valence-corrected chi connectivity index (χ2v) is 9.32. The third kappa shape index (κ3) is 4.86. The van der Waals surface area contributed by atoms with E-state index in [0.29, 0.717) is 30.6 Å². The first-order valence-corrected chi connectivity index (χ1v) is 11.2. The van der Waals surface area contributed by atoms with Gasteiger partial charge in [0, 0.05) is 24.8 Å². The highest BCUT2D eigenvalue weighted by molar-refractivity contribution is 7.89. The van der Waals surface area contributed by atoms with E-state index >= 15 is 0 Å². The summed E-state index contributed by atoms with van der Waals surface area (Å²) in [6.07, 6.45) is 1.15. The molecule has 1 aliphatic heterocycles. The van der Waals surface area contributed by atoms with Gasteiger partial charge >= 0.3 is 11.6 Å². The van der Waals surface area contributed by atoms with E-state index < -0.39 is 33.4 Å². The minimum Gasteiger partial charge on any atom is -0.469 e. The Morgan fingerprint density at radius 2 is 1.87 bits per heavy atom. The lowest BCUT2D eigenvalue weighted by atomic mass is 10.0. The molecule has 1 N–H and O–H groups in total. The molecule has 0 bridgehead atoms. The van der Waals surface area contributed by atoms with Gasteiger partial charge in [0.1, 0.15) is 5.76 Å². The summed E-state index contributed by atoms with van der Waals surface area (Å²) in [7, 11) is -2.50. The van der Waals surface area contributed by atoms with Crippen LogP contribution >= 0.6 is 0 Å². The van der Waals surface area contributed by atoms with Crippen LogP contribution < -0.4 is 10.9 Å². The smallest absolute Gasteiger partial charge is 0.336 e. The van der Waals surface area contributed by atoms with Crippen molar-refractivity contribution >= 4 is 27.6 Å². The predicted octanol–water partition coefficient (Wildman–Crippen LogP) is 2.08. The third-order valence-electron chi connectivity index (χ3n) is 5.23. The standard InChI is InChI=1S/C21H24N2O7S/c1-13-11-18(24)30-14(2)19(13)20(25)22-16-6-8-17(9-7-16)31(27,28)23-10-4-5-15(12-23)21(26)29-3/h6-9,11,15H,4-5,10,12H2,1-3H3,(H,22,25). The van der Waals surface area contributed by atoms with E-state index in [1.54, 1.807) is 6.92 Å². The lowest BCUT2D eigenvalue weighted by molar-refractivity contribution is -0.146. The van der Waals surface area contributed by atoms with Crippen LogP contribution in [0.3, 0.4) is 0 Å². The van der Waals surface area contributed by atoms with Crippen LogP contribution in [0.4, 0.5) is 5.69 Å². The zero-order valence-electron chi connectivity index (χ0n) is 17.5. The molecule has 1 aromatic heterocycles. The van der Waals surface area contributed by atoms with Crippen LogP contribution in [0.25, 0.3) is 0 Å². The number of carbonyl (C=O) groups is 2. The third-order valence-corrected chi connectivity index (χ3v) is 7.11. The van der Waals surface area contributed by atoms with Crippen LogP contribution in [0.2, 0.25) is 0 Å². The number of anilines is 1. The van der Waals surface area contributed by atoms with E-state index in [2.05, 4.69) is 5.32 Å². The van der Waals surface area contributed by atoms with E-state index in [0.717, 1.165) is 0 Å². The molecule has 0 spiro atoms. The van der Waals surface area contributed by atoms with Crippen molar-refractivity contribution in [1.29, 1.82) is 0 Å². The van der Waals surface area contributed by atoms with Gasteiger partial charge in [-0.05, 0) is 56.5 Å². The number of methoxy groups -OCH3 is 1. The summed E-state index contributed by atoms with van der Waals surface area (Å²) >= 11 is 0. The maximum atomic E-state index is 13.0. The van der Waals surface area contributed by atoms with Gasteiger partial charge in [-0.25, -0.2) is 13.2 Å². The fraction of sp³-hybridized carbons (Fsp3) is 0.381. The summed E-state index contributed by atoms with van der Waals surface area (Å²) in [5, 5.41) is 2.68. The molecular weight excluding hydrogens is 424 g/mol. The molecule has 1 atom stereocenters. The first kappa shape index (κ1) is 22.7. The van der Waals surface area contributed by atoms with Gasteiger partial charge in [-0.15, -0.1) is 0 Å². The van der Waals surface area contributed by atoms with Crippen LogP contribution in [-0.2, 0) is 19.6 Å². The van der Waals surface area contributed by atoms with Gasteiger partial charge in [0.15, 0.2) is 0 Å². The van der Waals surface area contributed by atoms with Crippen LogP contribution in [0, 0.1) is 19.8 Å². The van der Waals surface area contributed by atoms with Gasteiger partial charge in [-0.1, -0.05) is 0 Å². The van der Waals surface area contributed by atoms with Crippen LogP contribution in [0.15, 0.2) is 44.4 Å². The lowest BCUT2D eigenvalue weighted by Gasteiger charge is -2.30. The molecule has 1 aliphatic rings. The average molecular weight is 448 g/mol. The topological polar surface area (TPSA) is 123 Å². The number of esters is 1. The van der Waals surface area contributed by atoms with E-state index in [1.165, 1.54) is 48.7 Å². The number of amides is 1. The summed E-state index contributed by atoms with van der Waals surface area (Å²) in [6, 6.07) is 7.00. The van der Waals surface area contributed by atoms with E-state index in [1.807, 2.05) is 0 Å². The molecule has 2 aromatic rings. The van der Waals surface area contributed by atoms with Crippen molar-refractivity contribution in [3.8, 4) is 0 Å². The molecule has 166 valence electrons. The number of sulfonamides is 1. The molecule has 2 heterocycles. The largest absolute Gasteiger partial charge is 0.469 e. The van der Waals surface area contributed by atoms with Gasteiger partial charge in [0.05, 0.1) is 23.5 Å². The Morgan fingerprint density at radius 1 is 1.19 bits per heavy atom. The first-order chi connectivity index (χ1) is 14.6. The fourth-order valence-corrected chi connectivity index (χ4v) is 5.19. The van der Waals surface area contributed by atoms with E-state index in [4.69, 9.17) is 9.15 Å². The second kappa shape index (κ2) is 9.03. The van der Waals surface area contributed by atoms with Gasteiger partial charge in [0.2, 0.25) is 10.0 Å². The minimum absolute atomic E-state index is 0.0640. The number of hydrogen-bond donors (Lipinski definition) is 1. The Morgan fingerprint density at radius 3 is 2.48 bits per heavy atom. The number of aryl methyl sites for hydroxylation is 2. The number of carbonyl (C=O) groups excluding carboxylic acids is 2. The number of nitrogens with zero attached hydrogens (tertiary/aromatic N) is 1. The Bertz CT molecular complexity index is 1130. The Kier molecular flexibility index (Phi) is 6.61. The quantitative estimate of drug-likeness (QED) is 0.695. The van der Waals surface area contributed by atoms with Crippen molar-refractivity contribution in [2.75, 3.05) is 25.5 Å². The number of benzene rings is 1. The SMILES string of the molecule is COC(=O)C1CCCN(S(=O)(=O)c2ccc(NC(=O)c3c(C)cc(=O)oc3C)cc2)C1. The predicted molar refractivity (Wildman–Crippen MR) is 112 cm³/mol. The molecule has 0 aliphatic carbocycles. The molecule has 31 heavy (non-hydrogen) atoms. The highest BCUT2D eigenvalue weighted by Crippen LogP contribution is 2.25. The molecule has 3 rings (SSSR count). The van der Waals surface area contributed by atoms with E-state index in [9.17, 15) is 22.8 Å². The fourth-order valence-electron chi connectivity index (χ4n) is 3.67. The maximum absolute atomic E-state index is 13.0. The molecule has 0 saturated carbocycles. The molecule has 10 heteroatoms. The molecule has 1 unspecified atom stereocenters. The molecule has 1 fully saturated rings. The summed E-state index contributed by atoms with van der Waals surface area (Å²) in [5.41, 5.74) is 0.586. The summed E-state index contributed by atoms with van der Waals surface area (Å²) < 4.78 is 36.9. The van der Waals surface area contributed by atoms with Gasteiger partial charge in [-0.3, -0.25) is 9.59 Å². The Balaban J connectivity index is 1.76. The van der Waals surface area contributed by atoms with Crippen molar-refractivity contribution in [1.82, 2.24) is 4.31 Å². The Hall–Kier alpha value is -2.98. The van der Waals surface area contributed by atoms with Gasteiger partial charge in [0.25, 0.3) is 5.91 Å². The van der Waals surface area contributed by atoms with Crippen LogP contribution in [0.1, 0.15) is 34.5 Å². The normalized spacial score (nSPS) is 17.2. The summed E-state index contributed by atoms with van der Waals surface area (Å²) in [4.78, 5) is 35.8. The number of ether oxygens (including phenoxy) is 1. The number of nitrogens with one attached hydrogen (secondary N) is 1. The van der Waals surface area contributed by atoms with Crippen LogP contribution in [-0.4, -0.2) is 44.8 Å². The number of piperidine rings is 1. The number of hydrogen-bond acceptors (Lipinski definition) is 7. The van der Waals surface area contributed by atoms with E-state index in [-0.39, 0.29) is 22.8 Å². The zero-order chi connectivity index (χ0) is 22.8. The van der Waals surface area contributed by atoms with Crippen molar-refractivity contribution < 1.29 is 27.2 Å². The molecule has 1 aromatic carbocycles. The Labute approximate surface area is 180 Å². The first-order valence-electron chi connectivity index (χ1n) is 9.74. The van der Waals surface area contributed by atoms with Gasteiger partial charge < -0.3 is 14.5 Å². The molecule has 9 nitrogen and oxygen atoms in total. The molecule has 0 radical (unpaired) electrons. The van der Waals surface area contributed by atoms with Gasteiger partial charge in [-0.2, -0.15) is 4.31 Å². The summed E-state index contributed by atoms with van der Waals surface area (Å²) in [5.74, 6) is -1.16. The van der Waals surface area contributed by atoms with Crippen molar-refractivity contribution in [2.24, 2.45) is 5.92 Å². The highest BCUT2D eigenvalue weighted by atomic mass is 32.2. The monoisotopic (exact) mass is 448 g/mol. The second-order valence-electron chi connectivity index (χ2n) is 7.38. The summed E-state index contributed by atoms with van der Waals surface area (Å²) in [6.45, 7) is 3.56. The zero-order valence-corrected chi connectivity index (χ0v) is 18.3. The lowest BCUT2D eigenvalue weighted by Crippen LogP contribution is -2.42. The number of rotatable bonds is 5. The molecule has 1 amide bonds. The van der Waals surface area contributed by atoms with Crippen LogP contribution in [0.5, 0.6) is 0 Å². The van der Waals surface area contributed by atoms with Crippen molar-refractivity contribution in [3.63, 3.8) is 0 Å². The highest BCUT2D eigenvalue weighted by Gasteiger charge is 2.33. The van der Waals surface area contributed by atoms with Crippen molar-refractivity contribution in [3.05, 3.63) is 57.6 Å². The maximum Gasteiger partial charge on any atom is 0.336 e. The molecular formula is C21H24N2O7S. The average Bonchev–Trinajstić information content (AvgIpc) is 2.73.